The van der Waals surface area contributed by atoms with Crippen LogP contribution in [0.1, 0.15) is 54.3 Å². The van der Waals surface area contributed by atoms with E-state index in [-0.39, 0.29) is 23.7 Å². The molecule has 12 rings (SSSR count). The van der Waals surface area contributed by atoms with Gasteiger partial charge in [0.1, 0.15) is 34.5 Å². The van der Waals surface area contributed by atoms with Gasteiger partial charge in [-0.15, -0.1) is 0 Å². The predicted octanol–water partition coefficient (Wildman–Crippen LogP) is 15.7. The van der Waals surface area contributed by atoms with Gasteiger partial charge in [0.2, 0.25) is 0 Å². The molecule has 0 aromatic heterocycles. The largest absolute Gasteiger partial charge is 0.493 e. The number of ether oxygens (including phenoxy) is 8. The van der Waals surface area contributed by atoms with Gasteiger partial charge >= 0.3 is 23.9 Å². The van der Waals surface area contributed by atoms with E-state index < -0.39 is 23.9 Å². The number of fused-ring (bicyclic) bond motifs is 2. The molecule has 2 aliphatic rings. The lowest BCUT2D eigenvalue weighted by molar-refractivity contribution is 0.0723. The van der Waals surface area contributed by atoms with E-state index in [0.29, 0.717) is 69.6 Å². The molecule has 0 bridgehead atoms. The van der Waals surface area contributed by atoms with Crippen molar-refractivity contribution in [1.82, 2.24) is 0 Å². The molecule has 10 aromatic carbocycles. The minimum Gasteiger partial charge on any atom is -0.493 e. The van der Waals surface area contributed by atoms with Crippen LogP contribution in [-0.4, -0.2) is 62.5 Å². The number of benzene rings is 10. The van der Waals surface area contributed by atoms with Crippen LogP contribution in [0, 0.1) is 0 Å². The molecular formula is C68H48Br2O12. The molecule has 82 heavy (non-hydrogen) atoms. The third-order valence-corrected chi connectivity index (χ3v) is 15.0. The molecule has 2 atom stereocenters. The van der Waals surface area contributed by atoms with Crippen molar-refractivity contribution in [3.05, 3.63) is 237 Å². The van der Waals surface area contributed by atoms with Crippen molar-refractivity contribution < 1.29 is 57.1 Å². The van der Waals surface area contributed by atoms with Gasteiger partial charge in [-0.2, -0.15) is 0 Å². The predicted molar refractivity (Wildman–Crippen MR) is 318 cm³/mol. The van der Waals surface area contributed by atoms with Gasteiger partial charge < -0.3 is 37.9 Å². The van der Waals surface area contributed by atoms with E-state index in [2.05, 4.69) is 31.9 Å². The Morgan fingerprint density at radius 3 is 1.01 bits per heavy atom. The molecule has 0 radical (unpaired) electrons. The Kier molecular flexibility index (Phi) is 15.7. The Bertz CT molecular complexity index is 3740. The first-order valence-electron chi connectivity index (χ1n) is 26.5. The summed E-state index contributed by atoms with van der Waals surface area (Å²) in [5.74, 6) is 0.431. The van der Waals surface area contributed by atoms with Crippen LogP contribution in [0.15, 0.2) is 215 Å². The number of halogens is 2. The monoisotopic (exact) mass is 1210 g/mol. The van der Waals surface area contributed by atoms with Gasteiger partial charge in [0.25, 0.3) is 0 Å². The van der Waals surface area contributed by atoms with Gasteiger partial charge in [0, 0.05) is 32.9 Å². The summed E-state index contributed by atoms with van der Waals surface area (Å²) in [7, 11) is 0. The lowest BCUT2D eigenvalue weighted by atomic mass is 9.92. The zero-order valence-corrected chi connectivity index (χ0v) is 46.9. The van der Waals surface area contributed by atoms with E-state index in [1.54, 1.807) is 109 Å². The van der Waals surface area contributed by atoms with Gasteiger partial charge in [-0.1, -0.05) is 105 Å². The van der Waals surface area contributed by atoms with E-state index >= 15 is 0 Å². The number of carbonyl (C=O) groups excluding carboxylic acids is 4. The minimum absolute atomic E-state index is 0.255. The Morgan fingerprint density at radius 2 is 0.671 bits per heavy atom. The molecule has 2 heterocycles. The molecule has 14 heteroatoms. The Balaban J connectivity index is 0.742. The van der Waals surface area contributed by atoms with Crippen LogP contribution in [0.2, 0.25) is 0 Å². The van der Waals surface area contributed by atoms with E-state index in [1.807, 2.05) is 97.1 Å². The Morgan fingerprint density at radius 1 is 0.366 bits per heavy atom. The Hall–Kier alpha value is -8.92. The van der Waals surface area contributed by atoms with E-state index in [4.69, 9.17) is 37.9 Å². The SMILES string of the molecule is O=C(Oc1ccc(-c2ccc(C(=O)Oc3ccc4cc(Br)ccc4c3-c3c(OC(=O)c4ccc(-c5ccc(OC(=O)c6ccc(OCC[C@H]7CO7)cc6)cc5)cc4)ccc4cc(Br)ccc34)cc2)cc1)c1ccc(OCCC2CO2)cc1. The second-order valence-corrected chi connectivity index (χ2v) is 21.4. The normalized spacial score (nSPS) is 14.2. The first-order chi connectivity index (χ1) is 40.0. The summed E-state index contributed by atoms with van der Waals surface area (Å²) in [6.07, 6.45) is 2.22. The second kappa shape index (κ2) is 24.0. The fourth-order valence-electron chi connectivity index (χ4n) is 9.39. The summed E-state index contributed by atoms with van der Waals surface area (Å²) in [6, 6.07) is 60.9. The number of hydrogen-bond acceptors (Lipinski definition) is 12. The first kappa shape index (κ1) is 53.7. The first-order valence-corrected chi connectivity index (χ1v) is 28.1. The van der Waals surface area contributed by atoms with Crippen LogP contribution in [0.5, 0.6) is 34.5 Å². The lowest BCUT2D eigenvalue weighted by Crippen LogP contribution is -2.11. The maximum Gasteiger partial charge on any atom is 0.343 e. The summed E-state index contributed by atoms with van der Waals surface area (Å²) >= 11 is 7.24. The standard InChI is InChI=1S/C68H48Br2O12/c69-51-19-29-59-49(37-51)17-31-61(81-67(73)45-5-1-41(2-6-45)43-9-25-55(26-10-43)79-65(71)47-13-21-53(22-14-47)75-35-33-57-39-77-57)63(59)64-60-30-20-52(70)38-50(60)18-32-62(64)82-68(74)46-7-3-42(4-8-46)44-11-27-56(28-12-44)80-66(72)48-15-23-54(24-16-48)76-36-34-58-40-78-58/h1-32,37-38,57-58H,33-36,39-40H2/t57-,58?/m0/s1. The van der Waals surface area contributed by atoms with Crippen LogP contribution in [0.4, 0.5) is 0 Å². The highest BCUT2D eigenvalue weighted by Gasteiger charge is 2.25. The van der Waals surface area contributed by atoms with Crippen LogP contribution >= 0.6 is 31.9 Å². The summed E-state index contributed by atoms with van der Waals surface area (Å²) in [5, 5.41) is 3.21. The van der Waals surface area contributed by atoms with E-state index in [1.165, 1.54) is 0 Å². The van der Waals surface area contributed by atoms with Crippen molar-refractivity contribution in [3.8, 4) is 67.9 Å². The maximum absolute atomic E-state index is 14.2. The molecule has 2 fully saturated rings. The molecule has 2 aliphatic heterocycles. The van der Waals surface area contributed by atoms with Crippen molar-refractivity contribution >= 4 is 77.3 Å². The zero-order chi connectivity index (χ0) is 56.1. The van der Waals surface area contributed by atoms with Crippen LogP contribution in [-0.2, 0) is 9.47 Å². The second-order valence-electron chi connectivity index (χ2n) is 19.6. The minimum atomic E-state index is -0.598. The highest BCUT2D eigenvalue weighted by molar-refractivity contribution is 9.10. The lowest BCUT2D eigenvalue weighted by Gasteiger charge is -2.19. The summed E-state index contributed by atoms with van der Waals surface area (Å²) < 4.78 is 47.6. The average Bonchev–Trinajstić information content (AvgIpc) is 4.14. The third-order valence-electron chi connectivity index (χ3n) is 14.0. The van der Waals surface area contributed by atoms with Gasteiger partial charge in [0.05, 0.1) is 60.9 Å². The van der Waals surface area contributed by atoms with E-state index in [0.717, 1.165) is 78.8 Å². The summed E-state index contributed by atoms with van der Waals surface area (Å²) in [5.41, 5.74) is 5.84. The van der Waals surface area contributed by atoms with Crippen LogP contribution in [0.3, 0.4) is 0 Å². The molecule has 2 saturated heterocycles. The molecule has 0 N–H and O–H groups in total. The number of hydrogen-bond donors (Lipinski definition) is 0. The summed E-state index contributed by atoms with van der Waals surface area (Å²) in [6.45, 7) is 2.65. The van der Waals surface area contributed by atoms with Gasteiger partial charge in [-0.25, -0.2) is 19.2 Å². The van der Waals surface area contributed by atoms with Crippen molar-refractivity contribution in [2.75, 3.05) is 26.4 Å². The fourth-order valence-corrected chi connectivity index (χ4v) is 10.1. The van der Waals surface area contributed by atoms with Crippen LogP contribution < -0.4 is 28.4 Å². The quantitative estimate of drug-likeness (QED) is 0.0431. The highest BCUT2D eigenvalue weighted by Crippen LogP contribution is 2.47. The molecule has 0 aliphatic carbocycles. The molecule has 406 valence electrons. The number of epoxide rings is 2. The van der Waals surface area contributed by atoms with E-state index in [9.17, 15) is 19.2 Å². The molecule has 12 nitrogen and oxygen atoms in total. The topological polar surface area (TPSA) is 149 Å². The van der Waals surface area contributed by atoms with Gasteiger partial charge in [-0.05, 0) is 177 Å². The zero-order valence-electron chi connectivity index (χ0n) is 43.7. The molecular weight excluding hydrogens is 1170 g/mol. The molecule has 0 saturated carbocycles. The highest BCUT2D eigenvalue weighted by atomic mass is 79.9. The smallest absolute Gasteiger partial charge is 0.343 e. The number of carbonyl (C=O) groups is 4. The third kappa shape index (κ3) is 12.8. The van der Waals surface area contributed by atoms with Gasteiger partial charge in [0.15, 0.2) is 0 Å². The molecule has 0 spiro atoms. The van der Waals surface area contributed by atoms with Crippen LogP contribution in [0.25, 0.3) is 54.9 Å². The Labute approximate surface area is 488 Å². The van der Waals surface area contributed by atoms with Crippen molar-refractivity contribution in [2.24, 2.45) is 0 Å². The number of esters is 4. The maximum atomic E-state index is 14.2. The summed E-state index contributed by atoms with van der Waals surface area (Å²) in [4.78, 5) is 54.4. The number of rotatable bonds is 19. The van der Waals surface area contributed by atoms with Crippen molar-refractivity contribution in [1.29, 1.82) is 0 Å². The molecule has 1 unspecified atom stereocenters. The van der Waals surface area contributed by atoms with Crippen molar-refractivity contribution in [3.63, 3.8) is 0 Å². The fraction of sp³-hybridized carbons (Fsp3) is 0.118. The van der Waals surface area contributed by atoms with Crippen molar-refractivity contribution in [2.45, 2.75) is 25.0 Å². The molecule has 0 amide bonds. The van der Waals surface area contributed by atoms with Gasteiger partial charge in [-0.3, -0.25) is 0 Å². The molecule has 10 aromatic rings. The average molecular weight is 1220 g/mol.